The summed E-state index contributed by atoms with van der Waals surface area (Å²) in [6.07, 6.45) is 0.549. The zero-order valence-corrected chi connectivity index (χ0v) is 16.7. The molecule has 0 amide bonds. The molecule has 3 aromatic rings. The van der Waals surface area contributed by atoms with Crippen LogP contribution in [0.3, 0.4) is 0 Å². The topological polar surface area (TPSA) is 63.5 Å². The number of hydrogen-bond acceptors (Lipinski definition) is 6. The highest BCUT2D eigenvalue weighted by molar-refractivity contribution is 5.86. The number of piperazine rings is 1. The van der Waals surface area contributed by atoms with Crippen molar-refractivity contribution < 1.29 is 13.5 Å². The Kier molecular flexibility index (Phi) is 5.89. The van der Waals surface area contributed by atoms with Crippen molar-refractivity contribution in [2.75, 3.05) is 37.7 Å². The maximum atomic E-state index is 12.5. The van der Waals surface area contributed by atoms with Crippen LogP contribution in [0.2, 0.25) is 0 Å². The number of pyridine rings is 1. The van der Waals surface area contributed by atoms with E-state index in [0.29, 0.717) is 10.9 Å². The molecule has 1 saturated heterocycles. The van der Waals surface area contributed by atoms with Gasteiger partial charge in [0.2, 0.25) is 5.88 Å². The molecule has 2 aromatic heterocycles. The normalized spacial score (nSPS) is 15.1. The van der Waals surface area contributed by atoms with Crippen molar-refractivity contribution in [2.24, 2.45) is 7.05 Å². The lowest BCUT2D eigenvalue weighted by Gasteiger charge is -2.36. The minimum atomic E-state index is -2.56. The van der Waals surface area contributed by atoms with Gasteiger partial charge in [-0.15, -0.1) is 0 Å². The zero-order chi connectivity index (χ0) is 21.1. The monoisotopic (exact) mass is 415 g/mol. The quantitative estimate of drug-likeness (QED) is 0.616. The third-order valence-corrected chi connectivity index (χ3v) is 5.24. The fourth-order valence-corrected chi connectivity index (χ4v) is 3.58. The Labute approximate surface area is 172 Å². The molecule has 158 valence electrons. The van der Waals surface area contributed by atoms with Gasteiger partial charge in [0.25, 0.3) is 12.0 Å². The van der Waals surface area contributed by atoms with Crippen LogP contribution in [0.15, 0.2) is 47.7 Å². The molecule has 0 atom stereocenters. The molecule has 0 spiro atoms. The molecule has 1 aliphatic heterocycles. The van der Waals surface area contributed by atoms with Gasteiger partial charge >= 0.3 is 0 Å². The molecule has 7 nitrogen and oxygen atoms in total. The largest absolute Gasteiger partial charge is 0.471 e. The van der Waals surface area contributed by atoms with E-state index in [2.05, 4.69) is 19.8 Å². The number of aromatic nitrogens is 3. The van der Waals surface area contributed by atoms with Crippen LogP contribution >= 0.6 is 0 Å². The second-order valence-corrected chi connectivity index (χ2v) is 7.33. The van der Waals surface area contributed by atoms with Crippen LogP contribution in [0.25, 0.3) is 10.9 Å². The predicted molar refractivity (Wildman–Crippen MR) is 110 cm³/mol. The van der Waals surface area contributed by atoms with Crippen molar-refractivity contribution in [3.05, 3.63) is 58.8 Å². The van der Waals surface area contributed by atoms with Crippen molar-refractivity contribution in [3.8, 4) is 5.88 Å². The van der Waals surface area contributed by atoms with E-state index in [-0.39, 0.29) is 11.4 Å². The lowest BCUT2D eigenvalue weighted by Crippen LogP contribution is -2.46. The summed E-state index contributed by atoms with van der Waals surface area (Å²) in [6.45, 7) is 3.38. The van der Waals surface area contributed by atoms with Gasteiger partial charge in [-0.3, -0.25) is 9.69 Å². The van der Waals surface area contributed by atoms with Gasteiger partial charge < -0.3 is 14.2 Å². The average Bonchev–Trinajstić information content (AvgIpc) is 2.75. The fourth-order valence-electron chi connectivity index (χ4n) is 3.58. The summed E-state index contributed by atoms with van der Waals surface area (Å²) in [5.41, 5.74) is 2.64. The average molecular weight is 415 g/mol. The van der Waals surface area contributed by atoms with E-state index < -0.39 is 13.0 Å². The van der Waals surface area contributed by atoms with Gasteiger partial charge in [-0.05, 0) is 29.8 Å². The molecule has 0 N–H and O–H groups in total. The number of anilines is 1. The third kappa shape index (κ3) is 4.56. The second-order valence-electron chi connectivity index (χ2n) is 7.33. The highest BCUT2D eigenvalue weighted by Gasteiger charge is 2.19. The first-order valence-electron chi connectivity index (χ1n) is 9.78. The molecule has 0 aliphatic carbocycles. The van der Waals surface area contributed by atoms with Gasteiger partial charge in [0.05, 0.1) is 10.9 Å². The van der Waals surface area contributed by atoms with E-state index in [1.54, 1.807) is 23.9 Å². The molecule has 0 unspecified atom stereocenters. The van der Waals surface area contributed by atoms with E-state index in [1.165, 1.54) is 6.33 Å². The molecule has 1 fully saturated rings. The number of ether oxygens (including phenoxy) is 1. The number of hydrogen-bond donors (Lipinski definition) is 0. The summed E-state index contributed by atoms with van der Waals surface area (Å²) in [6, 6.07) is 9.37. The third-order valence-electron chi connectivity index (χ3n) is 5.24. The number of rotatable bonds is 6. The molecule has 0 radical (unpaired) electrons. The summed E-state index contributed by atoms with van der Waals surface area (Å²) < 4.78 is 31.8. The van der Waals surface area contributed by atoms with E-state index >= 15 is 0 Å². The van der Waals surface area contributed by atoms with Crippen LogP contribution in [0, 0.1) is 0 Å². The van der Waals surface area contributed by atoms with Crippen molar-refractivity contribution >= 4 is 16.6 Å². The molecular formula is C21H23F2N5O2. The molecule has 0 bridgehead atoms. The van der Waals surface area contributed by atoms with E-state index in [0.717, 1.165) is 44.0 Å². The van der Waals surface area contributed by atoms with Gasteiger partial charge in [0.1, 0.15) is 6.33 Å². The van der Waals surface area contributed by atoms with Gasteiger partial charge in [-0.2, -0.15) is 0 Å². The van der Waals surface area contributed by atoms with E-state index in [4.69, 9.17) is 4.74 Å². The molecule has 0 saturated carbocycles. The molecule has 3 heterocycles. The molecule has 30 heavy (non-hydrogen) atoms. The summed E-state index contributed by atoms with van der Waals surface area (Å²) in [4.78, 5) is 24.6. The van der Waals surface area contributed by atoms with Crippen LogP contribution in [0.5, 0.6) is 5.88 Å². The SMILES string of the molecule is Cn1ccc(CN2CCN(c3ccc4ncnc(OCC(F)F)c4c3)CC2)cc1=O. The number of aryl methyl sites for hydroxylation is 1. The van der Waals surface area contributed by atoms with Crippen molar-refractivity contribution in [1.29, 1.82) is 0 Å². The second kappa shape index (κ2) is 8.74. The number of benzene rings is 1. The number of halogens is 2. The van der Waals surface area contributed by atoms with Gasteiger partial charge in [-0.1, -0.05) is 0 Å². The molecule has 1 aromatic carbocycles. The Morgan fingerprint density at radius 2 is 1.90 bits per heavy atom. The van der Waals surface area contributed by atoms with Gasteiger partial charge in [0.15, 0.2) is 6.61 Å². The van der Waals surface area contributed by atoms with Crippen LogP contribution in [0.4, 0.5) is 14.5 Å². The van der Waals surface area contributed by atoms with Crippen LogP contribution in [-0.2, 0) is 13.6 Å². The van der Waals surface area contributed by atoms with Crippen LogP contribution in [0.1, 0.15) is 5.56 Å². The Balaban J connectivity index is 1.44. The Bertz CT molecular complexity index is 1080. The number of nitrogens with zero attached hydrogens (tertiary/aromatic N) is 5. The molecule has 9 heteroatoms. The summed E-state index contributed by atoms with van der Waals surface area (Å²) in [5, 5.41) is 0.623. The highest BCUT2D eigenvalue weighted by atomic mass is 19.3. The molecular weight excluding hydrogens is 392 g/mol. The van der Waals surface area contributed by atoms with E-state index in [1.807, 2.05) is 24.3 Å². The fraction of sp³-hybridized carbons (Fsp3) is 0.381. The minimum absolute atomic E-state index is 0.00520. The first kappa shape index (κ1) is 20.2. The number of alkyl halides is 2. The van der Waals surface area contributed by atoms with Crippen LogP contribution in [-0.4, -0.2) is 58.6 Å². The standard InChI is InChI=1S/C21H23F2N5O2/c1-26-5-4-15(10-20(26)29)12-27-6-8-28(9-7-27)16-2-3-18-17(11-16)21(25-14-24-18)30-13-19(22)23/h2-5,10-11,14,19H,6-9,12-13H2,1H3. The predicted octanol–water partition coefficient (Wildman–Crippen LogP) is 2.29. The first-order valence-corrected chi connectivity index (χ1v) is 9.78. The van der Waals surface area contributed by atoms with Crippen molar-refractivity contribution in [3.63, 3.8) is 0 Å². The lowest BCUT2D eigenvalue weighted by molar-refractivity contribution is 0.0804. The summed E-state index contributed by atoms with van der Waals surface area (Å²) in [7, 11) is 1.74. The maximum absolute atomic E-state index is 12.5. The molecule has 4 rings (SSSR count). The Morgan fingerprint density at radius 1 is 1.10 bits per heavy atom. The summed E-state index contributed by atoms with van der Waals surface area (Å²) >= 11 is 0. The zero-order valence-electron chi connectivity index (χ0n) is 16.7. The minimum Gasteiger partial charge on any atom is -0.471 e. The van der Waals surface area contributed by atoms with Crippen molar-refractivity contribution in [2.45, 2.75) is 13.0 Å². The van der Waals surface area contributed by atoms with Gasteiger partial charge in [0, 0.05) is 57.7 Å². The highest BCUT2D eigenvalue weighted by Crippen LogP contribution is 2.27. The number of fused-ring (bicyclic) bond motifs is 1. The van der Waals surface area contributed by atoms with Gasteiger partial charge in [-0.25, -0.2) is 18.7 Å². The van der Waals surface area contributed by atoms with E-state index in [9.17, 15) is 13.6 Å². The summed E-state index contributed by atoms with van der Waals surface area (Å²) in [5.74, 6) is 0.173. The lowest BCUT2D eigenvalue weighted by atomic mass is 10.1. The van der Waals surface area contributed by atoms with Crippen molar-refractivity contribution in [1.82, 2.24) is 19.4 Å². The Morgan fingerprint density at radius 3 is 2.63 bits per heavy atom. The maximum Gasteiger partial charge on any atom is 0.272 e. The molecule has 1 aliphatic rings. The Hall–Kier alpha value is -3.07. The first-order chi connectivity index (χ1) is 14.5. The smallest absolute Gasteiger partial charge is 0.272 e. The van der Waals surface area contributed by atoms with Crippen LogP contribution < -0.4 is 15.2 Å².